The first-order valence-electron chi connectivity index (χ1n) is 10.0. The van der Waals surface area contributed by atoms with Crippen LogP contribution in [0.15, 0.2) is 42.0 Å². The lowest BCUT2D eigenvalue weighted by molar-refractivity contribution is -0.140. The van der Waals surface area contributed by atoms with Crippen molar-refractivity contribution < 1.29 is 33.6 Å². The van der Waals surface area contributed by atoms with Crippen molar-refractivity contribution in [2.24, 2.45) is 0 Å². The Morgan fingerprint density at radius 1 is 0.969 bits per heavy atom. The molecule has 3 rings (SSSR count). The van der Waals surface area contributed by atoms with Gasteiger partial charge in [0, 0.05) is 24.8 Å². The lowest BCUT2D eigenvalue weighted by Gasteiger charge is -2.26. The Morgan fingerprint density at radius 2 is 1.66 bits per heavy atom. The quantitative estimate of drug-likeness (QED) is 0.382. The molecular weight excluding hydrogens is 414 g/mol. The number of benzene rings is 2. The van der Waals surface area contributed by atoms with Crippen LogP contribution >= 0.6 is 0 Å². The number of likely N-dealkylation sites (tertiary alicyclic amines) is 1. The van der Waals surface area contributed by atoms with Gasteiger partial charge in [0.05, 0.1) is 39.6 Å². The van der Waals surface area contributed by atoms with Crippen LogP contribution in [0.5, 0.6) is 17.2 Å². The topological polar surface area (TPSA) is 94.5 Å². The van der Waals surface area contributed by atoms with Gasteiger partial charge in [-0.3, -0.25) is 9.59 Å². The summed E-state index contributed by atoms with van der Waals surface area (Å²) in [5.74, 6) is -0.141. The van der Waals surface area contributed by atoms with Crippen LogP contribution in [0.3, 0.4) is 0 Å². The molecule has 1 heterocycles. The minimum atomic E-state index is -0.877. The van der Waals surface area contributed by atoms with E-state index in [1.54, 1.807) is 43.5 Å². The Kier molecular flexibility index (Phi) is 7.05. The van der Waals surface area contributed by atoms with Gasteiger partial charge in [-0.1, -0.05) is 0 Å². The van der Waals surface area contributed by atoms with Gasteiger partial charge in [-0.25, -0.2) is 0 Å². The van der Waals surface area contributed by atoms with E-state index < -0.39 is 17.7 Å². The predicted molar refractivity (Wildman–Crippen MR) is 118 cm³/mol. The molecule has 1 aliphatic rings. The molecule has 32 heavy (non-hydrogen) atoms. The summed E-state index contributed by atoms with van der Waals surface area (Å²) in [4.78, 5) is 27.4. The average molecular weight is 441 g/mol. The number of carbonyl (C=O) groups is 2. The van der Waals surface area contributed by atoms with Gasteiger partial charge in [-0.05, 0) is 48.9 Å². The van der Waals surface area contributed by atoms with Crippen LogP contribution < -0.4 is 14.2 Å². The molecule has 1 aliphatic heterocycles. The highest BCUT2D eigenvalue weighted by molar-refractivity contribution is 6.46. The number of ketones is 1. The predicted octanol–water partition coefficient (Wildman–Crippen LogP) is 3.09. The van der Waals surface area contributed by atoms with Crippen LogP contribution in [0.1, 0.15) is 22.7 Å². The van der Waals surface area contributed by atoms with Crippen LogP contribution in [-0.2, 0) is 14.3 Å². The van der Waals surface area contributed by atoms with E-state index in [9.17, 15) is 14.7 Å². The molecule has 0 bridgehead atoms. The number of Topliss-reactive ketones (excluding diaryl/α,β-unsaturated/α-hetero) is 1. The maximum atomic E-state index is 13.1. The van der Waals surface area contributed by atoms with Crippen LogP contribution in [0.25, 0.3) is 5.76 Å². The van der Waals surface area contributed by atoms with Crippen LogP contribution in [0.4, 0.5) is 0 Å². The van der Waals surface area contributed by atoms with Crippen molar-refractivity contribution in [3.63, 3.8) is 0 Å². The van der Waals surface area contributed by atoms with Gasteiger partial charge in [-0.15, -0.1) is 0 Å². The van der Waals surface area contributed by atoms with Crippen molar-refractivity contribution in [2.45, 2.75) is 13.0 Å². The Balaban J connectivity index is 2.25. The molecule has 1 fully saturated rings. The molecule has 2 aromatic carbocycles. The Hall–Kier alpha value is -3.52. The largest absolute Gasteiger partial charge is 0.507 e. The summed E-state index contributed by atoms with van der Waals surface area (Å²) in [7, 11) is 6.09. The van der Waals surface area contributed by atoms with E-state index in [0.29, 0.717) is 28.4 Å². The first-order chi connectivity index (χ1) is 15.4. The Bertz CT molecular complexity index is 1060. The second-order valence-electron chi connectivity index (χ2n) is 7.28. The molecule has 0 aliphatic carbocycles. The van der Waals surface area contributed by atoms with Crippen molar-refractivity contribution in [2.75, 3.05) is 41.6 Å². The summed E-state index contributed by atoms with van der Waals surface area (Å²) in [6, 6.07) is 9.28. The maximum Gasteiger partial charge on any atom is 0.295 e. The SMILES string of the molecule is COCCN1C(=O)C(=O)/C(=C(/O)c2ccc(OC)c(C)c2)C1c1cc(OC)ccc1OC. The highest BCUT2D eigenvalue weighted by Gasteiger charge is 2.47. The molecule has 170 valence electrons. The summed E-state index contributed by atoms with van der Waals surface area (Å²) in [6.45, 7) is 2.21. The highest BCUT2D eigenvalue weighted by atomic mass is 16.5. The third-order valence-corrected chi connectivity index (χ3v) is 5.48. The molecule has 0 spiro atoms. The van der Waals surface area contributed by atoms with Crippen molar-refractivity contribution in [1.82, 2.24) is 4.90 Å². The normalized spacial score (nSPS) is 17.5. The molecule has 2 aromatic rings. The van der Waals surface area contributed by atoms with E-state index in [1.165, 1.54) is 26.2 Å². The molecule has 1 saturated heterocycles. The summed E-state index contributed by atoms with van der Waals surface area (Å²) >= 11 is 0. The maximum absolute atomic E-state index is 13.1. The second kappa shape index (κ2) is 9.74. The fourth-order valence-corrected chi connectivity index (χ4v) is 3.86. The zero-order valence-electron chi connectivity index (χ0n) is 18.8. The lowest BCUT2D eigenvalue weighted by Crippen LogP contribution is -2.32. The van der Waals surface area contributed by atoms with Gasteiger partial charge in [-0.2, -0.15) is 0 Å². The number of hydrogen-bond acceptors (Lipinski definition) is 7. The van der Waals surface area contributed by atoms with Gasteiger partial charge in [0.25, 0.3) is 11.7 Å². The molecule has 1 amide bonds. The van der Waals surface area contributed by atoms with E-state index >= 15 is 0 Å². The number of ether oxygens (including phenoxy) is 4. The number of hydrogen-bond donors (Lipinski definition) is 1. The Labute approximate surface area is 187 Å². The molecule has 0 radical (unpaired) electrons. The number of aliphatic hydroxyl groups is 1. The van der Waals surface area contributed by atoms with Crippen molar-refractivity contribution in [1.29, 1.82) is 0 Å². The minimum absolute atomic E-state index is 0.0257. The van der Waals surface area contributed by atoms with E-state index in [0.717, 1.165) is 5.56 Å². The molecule has 0 aromatic heterocycles. The first kappa shape index (κ1) is 23.1. The van der Waals surface area contributed by atoms with Crippen molar-refractivity contribution in [3.8, 4) is 17.2 Å². The van der Waals surface area contributed by atoms with E-state index in [1.807, 2.05) is 6.92 Å². The van der Waals surface area contributed by atoms with Gasteiger partial charge >= 0.3 is 0 Å². The molecular formula is C24H27NO7. The zero-order chi connectivity index (χ0) is 23.4. The number of amides is 1. The standard InChI is InChI=1S/C24H27NO7/c1-14-12-15(6-8-18(14)31-4)22(26)20-21(25(10-11-29-2)24(28)23(20)27)17-13-16(30-3)7-9-19(17)32-5/h6-9,12-13,21,26H,10-11H2,1-5H3/b22-20+. The number of aliphatic hydroxyl groups excluding tert-OH is 1. The van der Waals surface area contributed by atoms with Crippen LogP contribution in [-0.4, -0.2) is 63.3 Å². The monoisotopic (exact) mass is 441 g/mol. The van der Waals surface area contributed by atoms with Gasteiger partial charge in [0.2, 0.25) is 0 Å². The van der Waals surface area contributed by atoms with E-state index in [4.69, 9.17) is 18.9 Å². The number of nitrogens with zero attached hydrogens (tertiary/aromatic N) is 1. The van der Waals surface area contributed by atoms with Crippen LogP contribution in [0, 0.1) is 6.92 Å². The van der Waals surface area contributed by atoms with Crippen LogP contribution in [0.2, 0.25) is 0 Å². The minimum Gasteiger partial charge on any atom is -0.507 e. The van der Waals surface area contributed by atoms with Gasteiger partial charge in [0.1, 0.15) is 23.0 Å². The molecule has 0 saturated carbocycles. The summed E-state index contributed by atoms with van der Waals surface area (Å²) in [5, 5.41) is 11.2. The third-order valence-electron chi connectivity index (χ3n) is 5.48. The number of aryl methyl sites for hydroxylation is 1. The Morgan fingerprint density at radius 3 is 2.25 bits per heavy atom. The summed E-state index contributed by atoms with van der Waals surface area (Å²) in [6.07, 6.45) is 0. The average Bonchev–Trinajstić information content (AvgIpc) is 3.06. The van der Waals surface area contributed by atoms with E-state index in [-0.39, 0.29) is 24.5 Å². The summed E-state index contributed by atoms with van der Waals surface area (Å²) < 4.78 is 21.3. The number of rotatable bonds is 8. The molecule has 8 nitrogen and oxygen atoms in total. The fraction of sp³-hybridized carbons (Fsp3) is 0.333. The number of methoxy groups -OCH3 is 4. The molecule has 8 heteroatoms. The van der Waals surface area contributed by atoms with Crippen molar-refractivity contribution in [3.05, 3.63) is 58.7 Å². The molecule has 1 unspecified atom stereocenters. The fourth-order valence-electron chi connectivity index (χ4n) is 3.86. The number of carbonyl (C=O) groups excluding carboxylic acids is 2. The highest BCUT2D eigenvalue weighted by Crippen LogP contribution is 2.44. The lowest BCUT2D eigenvalue weighted by atomic mass is 9.94. The second-order valence-corrected chi connectivity index (χ2v) is 7.28. The molecule has 1 N–H and O–H groups in total. The summed E-state index contributed by atoms with van der Waals surface area (Å²) in [5.41, 5.74) is 1.68. The van der Waals surface area contributed by atoms with Gasteiger partial charge < -0.3 is 29.0 Å². The first-order valence-corrected chi connectivity index (χ1v) is 10.0. The van der Waals surface area contributed by atoms with E-state index in [2.05, 4.69) is 0 Å². The molecule has 1 atom stereocenters. The smallest absolute Gasteiger partial charge is 0.295 e. The third kappa shape index (κ3) is 4.13. The van der Waals surface area contributed by atoms with Gasteiger partial charge in [0.15, 0.2) is 0 Å². The zero-order valence-corrected chi connectivity index (χ0v) is 18.8. The van der Waals surface area contributed by atoms with Crippen molar-refractivity contribution >= 4 is 17.4 Å².